The van der Waals surface area contributed by atoms with Crippen LogP contribution in [0.5, 0.6) is 0 Å². The van der Waals surface area contributed by atoms with Crippen LogP contribution in [-0.4, -0.2) is 41.6 Å². The molecule has 13 nitrogen and oxygen atoms in total. The Hall–Kier alpha value is -4.29. The minimum atomic E-state index is -1.54. The number of primary amides is 1. The average molecular weight is 374 g/mol. The lowest BCUT2D eigenvalue weighted by Crippen LogP contribution is -2.20. The molecule has 0 aliphatic heterocycles. The molecule has 3 aromatic rings. The molecule has 0 unspecified atom stereocenters. The fourth-order valence-electron chi connectivity index (χ4n) is 2.32. The van der Waals surface area contributed by atoms with Crippen molar-refractivity contribution in [3.8, 4) is 5.69 Å². The predicted molar refractivity (Wildman–Crippen MR) is 87.5 cm³/mol. The number of fused-ring (bicyclic) bond motifs is 1. The number of rotatable bonds is 5. The van der Waals surface area contributed by atoms with E-state index in [9.17, 15) is 24.5 Å². The molecular weight excluding hydrogens is 364 g/mol. The maximum absolute atomic E-state index is 11.7. The van der Waals surface area contributed by atoms with Gasteiger partial charge in [0.05, 0.1) is 28.0 Å². The molecular formula is C14H10N6O7. The van der Waals surface area contributed by atoms with Crippen LogP contribution in [0.2, 0.25) is 0 Å². The summed E-state index contributed by atoms with van der Waals surface area (Å²) in [6.45, 7) is -0.238. The molecule has 3 rings (SSSR count). The Bertz CT molecular complexity index is 1150. The zero-order valence-corrected chi connectivity index (χ0v) is 13.3. The summed E-state index contributed by atoms with van der Waals surface area (Å²) in [6.07, 6.45) is 1.59. The van der Waals surface area contributed by atoms with Crippen LogP contribution in [0.4, 0.5) is 10.5 Å². The van der Waals surface area contributed by atoms with Crippen molar-refractivity contribution in [2.75, 3.05) is 0 Å². The number of carbonyl (C=O) groups is 2. The van der Waals surface area contributed by atoms with Crippen molar-refractivity contribution in [3.63, 3.8) is 0 Å². The Morgan fingerprint density at radius 2 is 2.15 bits per heavy atom. The number of nitro groups is 1. The summed E-state index contributed by atoms with van der Waals surface area (Å²) in [7, 11) is 0. The summed E-state index contributed by atoms with van der Waals surface area (Å²) in [5.41, 5.74) is 3.06. The molecule has 0 aliphatic rings. The quantitative estimate of drug-likeness (QED) is 0.415. The molecule has 0 fully saturated rings. The Kier molecular flexibility index (Phi) is 4.25. The molecule has 4 N–H and O–H groups in total. The number of aromatic carboxylic acids is 1. The zero-order valence-electron chi connectivity index (χ0n) is 13.3. The lowest BCUT2D eigenvalue weighted by atomic mass is 10.2. The summed E-state index contributed by atoms with van der Waals surface area (Å²) >= 11 is 0. The van der Waals surface area contributed by atoms with E-state index in [2.05, 4.69) is 19.7 Å². The third kappa shape index (κ3) is 3.41. The number of imidazole rings is 1. The number of nitrogens with two attached hydrogens (primary N) is 1. The van der Waals surface area contributed by atoms with Gasteiger partial charge in [-0.2, -0.15) is 0 Å². The van der Waals surface area contributed by atoms with Gasteiger partial charge in [-0.3, -0.25) is 19.5 Å². The molecule has 0 atom stereocenters. The molecule has 2 heterocycles. The number of ether oxygens (including phenoxy) is 1. The van der Waals surface area contributed by atoms with Crippen molar-refractivity contribution < 1.29 is 24.4 Å². The zero-order chi connectivity index (χ0) is 19.7. The molecule has 27 heavy (non-hydrogen) atoms. The number of H-pyrrole nitrogens is 1. The van der Waals surface area contributed by atoms with Crippen molar-refractivity contribution in [2.45, 2.75) is 6.61 Å². The van der Waals surface area contributed by atoms with Gasteiger partial charge in [-0.1, -0.05) is 0 Å². The average Bonchev–Trinajstić information content (AvgIpc) is 3.06. The second-order valence-electron chi connectivity index (χ2n) is 5.21. The predicted octanol–water partition coefficient (Wildman–Crippen LogP) is 0.310. The summed E-state index contributed by atoms with van der Waals surface area (Å²) in [4.78, 5) is 54.1. The maximum Gasteiger partial charge on any atom is 0.404 e. The number of carbonyl (C=O) groups excluding carboxylic acids is 1. The van der Waals surface area contributed by atoms with Crippen molar-refractivity contribution >= 4 is 28.8 Å². The van der Waals surface area contributed by atoms with E-state index in [1.165, 1.54) is 23.2 Å². The number of aromatic amines is 1. The number of benzene rings is 1. The largest absolute Gasteiger partial charge is 0.476 e. The highest BCUT2D eigenvalue weighted by atomic mass is 16.6. The molecule has 0 radical (unpaired) electrons. The van der Waals surface area contributed by atoms with E-state index in [-0.39, 0.29) is 34.7 Å². The van der Waals surface area contributed by atoms with Gasteiger partial charge in [-0.25, -0.2) is 19.6 Å². The van der Waals surface area contributed by atoms with E-state index in [1.54, 1.807) is 0 Å². The maximum atomic E-state index is 11.7. The molecule has 13 heteroatoms. The van der Waals surface area contributed by atoms with Crippen LogP contribution in [0.15, 0.2) is 29.5 Å². The van der Waals surface area contributed by atoms with Crippen LogP contribution in [0, 0.1) is 10.1 Å². The number of nitro benzene ring substituents is 1. The Balaban J connectivity index is 2.15. The molecule has 0 aliphatic carbocycles. The summed E-state index contributed by atoms with van der Waals surface area (Å²) < 4.78 is 5.86. The fourth-order valence-corrected chi connectivity index (χ4v) is 2.32. The van der Waals surface area contributed by atoms with Crippen molar-refractivity contribution in [1.82, 2.24) is 19.5 Å². The van der Waals surface area contributed by atoms with Crippen LogP contribution < -0.4 is 11.3 Å². The highest BCUT2D eigenvalue weighted by molar-refractivity contribution is 5.89. The van der Waals surface area contributed by atoms with Crippen molar-refractivity contribution in [2.24, 2.45) is 5.73 Å². The molecule has 0 saturated carbocycles. The van der Waals surface area contributed by atoms with Crippen molar-refractivity contribution in [3.05, 3.63) is 56.5 Å². The van der Waals surface area contributed by atoms with Crippen LogP contribution in [0.1, 0.15) is 16.2 Å². The molecule has 0 bridgehead atoms. The third-order valence-electron chi connectivity index (χ3n) is 3.46. The first-order valence-corrected chi connectivity index (χ1v) is 7.17. The number of carboxylic acid groups (broad SMARTS) is 1. The first-order chi connectivity index (χ1) is 12.8. The van der Waals surface area contributed by atoms with Gasteiger partial charge >= 0.3 is 12.1 Å². The van der Waals surface area contributed by atoms with Crippen LogP contribution in [-0.2, 0) is 11.3 Å². The molecule has 1 aromatic carbocycles. The SMILES string of the molecule is NC(=O)OCc1cn(-c2cc3nc(C(=O)O)c(=O)[nH]c3cc2[N+](=O)[O-])cn1. The monoisotopic (exact) mass is 374 g/mol. The minimum Gasteiger partial charge on any atom is -0.476 e. The first-order valence-electron chi connectivity index (χ1n) is 7.17. The number of amides is 1. The smallest absolute Gasteiger partial charge is 0.404 e. The number of nitrogens with zero attached hydrogens (tertiary/aromatic N) is 4. The normalized spacial score (nSPS) is 10.7. The minimum absolute atomic E-state index is 0.00199. The second-order valence-corrected chi connectivity index (χ2v) is 5.21. The van der Waals surface area contributed by atoms with Gasteiger partial charge in [0.1, 0.15) is 12.3 Å². The van der Waals surface area contributed by atoms with E-state index in [4.69, 9.17) is 10.8 Å². The standard InChI is InChI=1S/C14H10N6O7/c15-14(24)27-4-6-3-19(5-16-6)9-1-7-8(2-10(9)20(25)26)18-12(21)11(17-7)13(22)23/h1-3,5H,4H2,(H2,15,24)(H,18,21)(H,22,23). The van der Waals surface area contributed by atoms with E-state index in [0.29, 0.717) is 0 Å². The molecule has 0 spiro atoms. The number of carboxylic acids is 1. The fraction of sp³-hybridized carbons (Fsp3) is 0.0714. The second kappa shape index (κ2) is 6.55. The Labute approximate surface area is 148 Å². The Morgan fingerprint density at radius 3 is 2.78 bits per heavy atom. The van der Waals surface area contributed by atoms with Gasteiger partial charge in [0.25, 0.3) is 11.2 Å². The van der Waals surface area contributed by atoms with Gasteiger partial charge in [-0.15, -0.1) is 0 Å². The summed E-state index contributed by atoms with van der Waals surface area (Å²) in [6, 6.07) is 2.29. The summed E-state index contributed by atoms with van der Waals surface area (Å²) in [5.74, 6) is -1.54. The highest BCUT2D eigenvalue weighted by Crippen LogP contribution is 2.27. The van der Waals surface area contributed by atoms with Gasteiger partial charge in [-0.05, 0) is 6.07 Å². The topological polar surface area (TPSA) is 196 Å². The molecule has 1 amide bonds. The van der Waals surface area contributed by atoms with E-state index >= 15 is 0 Å². The highest BCUT2D eigenvalue weighted by Gasteiger charge is 2.20. The molecule has 0 saturated heterocycles. The van der Waals surface area contributed by atoms with Gasteiger partial charge < -0.3 is 20.6 Å². The lowest BCUT2D eigenvalue weighted by molar-refractivity contribution is -0.384. The van der Waals surface area contributed by atoms with Gasteiger partial charge in [0.15, 0.2) is 0 Å². The van der Waals surface area contributed by atoms with E-state index in [1.807, 2.05) is 0 Å². The van der Waals surface area contributed by atoms with Crippen LogP contribution >= 0.6 is 0 Å². The Morgan fingerprint density at radius 1 is 1.41 bits per heavy atom. The number of hydrogen-bond acceptors (Lipinski definition) is 8. The number of hydrogen-bond donors (Lipinski definition) is 3. The van der Waals surface area contributed by atoms with Gasteiger partial charge in [0, 0.05) is 12.3 Å². The van der Waals surface area contributed by atoms with E-state index < -0.39 is 28.2 Å². The number of aromatic nitrogens is 4. The van der Waals surface area contributed by atoms with Gasteiger partial charge in [0.2, 0.25) is 5.69 Å². The van der Waals surface area contributed by atoms with Crippen molar-refractivity contribution in [1.29, 1.82) is 0 Å². The summed E-state index contributed by atoms with van der Waals surface area (Å²) in [5, 5.41) is 20.4. The number of nitrogens with one attached hydrogen (secondary N) is 1. The lowest BCUT2D eigenvalue weighted by Gasteiger charge is -2.06. The first kappa shape index (κ1) is 17.5. The van der Waals surface area contributed by atoms with E-state index in [0.717, 1.165) is 6.07 Å². The third-order valence-corrected chi connectivity index (χ3v) is 3.46. The van der Waals surface area contributed by atoms with Crippen LogP contribution in [0.25, 0.3) is 16.7 Å². The molecule has 2 aromatic heterocycles. The van der Waals surface area contributed by atoms with Crippen LogP contribution in [0.3, 0.4) is 0 Å². The molecule has 138 valence electrons.